The average Bonchev–Trinajstić information content (AvgIpc) is 3.17. The number of nitrogens with one attached hydrogen (secondary N) is 1. The van der Waals surface area contributed by atoms with Crippen molar-refractivity contribution in [3.63, 3.8) is 0 Å². The smallest absolute Gasteiger partial charge is 0.407 e. The van der Waals surface area contributed by atoms with Gasteiger partial charge in [0, 0.05) is 18.8 Å². The molecule has 198 valence electrons. The van der Waals surface area contributed by atoms with Crippen LogP contribution in [0.3, 0.4) is 0 Å². The molecule has 0 radical (unpaired) electrons. The number of hydrogen-bond donors (Lipinski definition) is 6. The van der Waals surface area contributed by atoms with Gasteiger partial charge in [0.25, 0.3) is 0 Å². The van der Waals surface area contributed by atoms with Crippen molar-refractivity contribution >= 4 is 30.0 Å². The minimum absolute atomic E-state index is 0.0231. The first-order chi connectivity index (χ1) is 17.5. The lowest BCUT2D eigenvalue weighted by Gasteiger charge is -2.17. The van der Waals surface area contributed by atoms with Crippen molar-refractivity contribution in [2.75, 3.05) is 6.61 Å². The molecule has 1 aliphatic rings. The minimum Gasteiger partial charge on any atom is -0.481 e. The molecular weight excluding hydrogens is 488 g/mol. The number of nitrogens with two attached hydrogens (primary N) is 1. The summed E-state index contributed by atoms with van der Waals surface area (Å²) in [6, 6.07) is 13.4. The van der Waals surface area contributed by atoms with E-state index in [4.69, 9.17) is 30.9 Å². The number of carboxylic acids is 4. The second-order valence-corrected chi connectivity index (χ2v) is 8.17. The Morgan fingerprint density at radius 1 is 0.784 bits per heavy atom. The van der Waals surface area contributed by atoms with Gasteiger partial charge in [-0.1, -0.05) is 48.5 Å². The summed E-state index contributed by atoms with van der Waals surface area (Å²) >= 11 is 0. The largest absolute Gasteiger partial charge is 0.481 e. The lowest BCUT2D eigenvalue weighted by Crippen LogP contribution is -2.41. The highest BCUT2D eigenvalue weighted by atomic mass is 16.5. The molecule has 0 saturated heterocycles. The Morgan fingerprint density at radius 3 is 1.73 bits per heavy atom. The minimum atomic E-state index is -1.31. The van der Waals surface area contributed by atoms with Crippen molar-refractivity contribution in [2.45, 2.75) is 43.7 Å². The van der Waals surface area contributed by atoms with Gasteiger partial charge in [-0.05, 0) is 35.1 Å². The number of carbonyl (C=O) groups is 5. The van der Waals surface area contributed by atoms with E-state index < -0.39 is 42.1 Å². The van der Waals surface area contributed by atoms with Crippen molar-refractivity contribution in [1.82, 2.24) is 5.32 Å². The van der Waals surface area contributed by atoms with E-state index >= 15 is 0 Å². The lowest BCUT2D eigenvalue weighted by atomic mass is 9.98. The zero-order chi connectivity index (χ0) is 27.5. The number of alkyl carbamates (subject to hydrolysis) is 1. The molecule has 7 N–H and O–H groups in total. The highest BCUT2D eigenvalue weighted by Crippen LogP contribution is 2.44. The van der Waals surface area contributed by atoms with Crippen molar-refractivity contribution in [3.8, 4) is 11.1 Å². The van der Waals surface area contributed by atoms with Crippen LogP contribution >= 0.6 is 0 Å². The highest BCUT2D eigenvalue weighted by Gasteiger charge is 2.29. The number of rotatable bonds is 11. The molecule has 2 unspecified atom stereocenters. The molecular formula is C25H28N2O10. The van der Waals surface area contributed by atoms with Gasteiger partial charge < -0.3 is 36.2 Å². The molecule has 0 heterocycles. The van der Waals surface area contributed by atoms with E-state index in [1.807, 2.05) is 48.5 Å². The van der Waals surface area contributed by atoms with E-state index in [0.29, 0.717) is 0 Å². The predicted molar refractivity (Wildman–Crippen MR) is 129 cm³/mol. The fraction of sp³-hybridized carbons (Fsp3) is 0.320. The second-order valence-electron chi connectivity index (χ2n) is 8.17. The summed E-state index contributed by atoms with van der Waals surface area (Å²) in [6.45, 7) is 0.0606. The number of carboxylic acid groups (broad SMARTS) is 4. The number of amides is 1. The van der Waals surface area contributed by atoms with E-state index in [2.05, 4.69) is 5.32 Å². The number of benzene rings is 2. The zero-order valence-electron chi connectivity index (χ0n) is 19.7. The number of aliphatic carboxylic acids is 4. The summed E-state index contributed by atoms with van der Waals surface area (Å²) in [7, 11) is 0. The average molecular weight is 517 g/mol. The van der Waals surface area contributed by atoms with E-state index in [0.717, 1.165) is 22.3 Å². The van der Waals surface area contributed by atoms with Gasteiger partial charge in [0.05, 0.1) is 0 Å². The Hall–Kier alpha value is -4.45. The molecule has 12 heteroatoms. The fourth-order valence-electron chi connectivity index (χ4n) is 3.71. The molecule has 1 aliphatic carbocycles. The van der Waals surface area contributed by atoms with Gasteiger partial charge in [-0.2, -0.15) is 0 Å². The monoisotopic (exact) mass is 516 g/mol. The molecule has 12 nitrogen and oxygen atoms in total. The second kappa shape index (κ2) is 13.6. The van der Waals surface area contributed by atoms with Crippen LogP contribution in [0.5, 0.6) is 0 Å². The first kappa shape index (κ1) is 28.8. The molecule has 2 atom stereocenters. The standard InChI is InChI=1S/C20H19NO6.C5H9NO4/c22-18(23)10-9-17(19(24)25)21-20(26)27-11-16-14-7-3-1-5-12(14)13-6-2-4-8-15(13)16;6-3(5(9)10)1-2-4(7)8/h1-8,16-17H,9-11H2,(H,21,26)(H,22,23)(H,24,25);3H,1-2,6H2,(H,7,8)(H,9,10). The maximum Gasteiger partial charge on any atom is 0.407 e. The van der Waals surface area contributed by atoms with Crippen LogP contribution in [0.1, 0.15) is 42.7 Å². The predicted octanol–water partition coefficient (Wildman–Crippen LogP) is 2.11. The van der Waals surface area contributed by atoms with Crippen LogP contribution in [0.25, 0.3) is 11.1 Å². The van der Waals surface area contributed by atoms with Crippen LogP contribution < -0.4 is 11.1 Å². The van der Waals surface area contributed by atoms with Crippen LogP contribution in [-0.2, 0) is 23.9 Å². The highest BCUT2D eigenvalue weighted by molar-refractivity contribution is 5.81. The van der Waals surface area contributed by atoms with Gasteiger partial charge >= 0.3 is 30.0 Å². The van der Waals surface area contributed by atoms with Gasteiger partial charge in [-0.15, -0.1) is 0 Å². The number of ether oxygens (including phenoxy) is 1. The van der Waals surface area contributed by atoms with E-state index in [9.17, 15) is 24.0 Å². The van der Waals surface area contributed by atoms with Crippen LogP contribution in [0.15, 0.2) is 48.5 Å². The third-order valence-corrected chi connectivity index (χ3v) is 5.57. The van der Waals surface area contributed by atoms with Gasteiger partial charge in [0.2, 0.25) is 0 Å². The van der Waals surface area contributed by atoms with E-state index in [1.54, 1.807) is 0 Å². The molecule has 1 amide bonds. The Kier molecular flexibility index (Phi) is 10.6. The molecule has 3 rings (SSSR count). The molecule has 37 heavy (non-hydrogen) atoms. The van der Waals surface area contributed by atoms with Crippen LogP contribution in [0, 0.1) is 0 Å². The molecule has 0 saturated carbocycles. The van der Waals surface area contributed by atoms with Crippen molar-refractivity contribution in [1.29, 1.82) is 0 Å². The third-order valence-electron chi connectivity index (χ3n) is 5.57. The Labute approximate surface area is 211 Å². The molecule has 2 aromatic carbocycles. The van der Waals surface area contributed by atoms with Crippen LogP contribution in [-0.4, -0.2) is 69.1 Å². The van der Waals surface area contributed by atoms with Gasteiger partial charge in [-0.25, -0.2) is 9.59 Å². The van der Waals surface area contributed by atoms with Gasteiger partial charge in [0.1, 0.15) is 18.7 Å². The summed E-state index contributed by atoms with van der Waals surface area (Å²) in [6.07, 6.45) is -1.68. The molecule has 2 aromatic rings. The summed E-state index contributed by atoms with van der Waals surface area (Å²) in [4.78, 5) is 53.7. The molecule has 0 fully saturated rings. The zero-order valence-corrected chi connectivity index (χ0v) is 19.7. The summed E-state index contributed by atoms with van der Waals surface area (Å²) in [5, 5.41) is 36.3. The summed E-state index contributed by atoms with van der Waals surface area (Å²) in [5.74, 6) is -4.76. The SMILES string of the molecule is NC(CCC(=O)O)C(=O)O.O=C(O)CCC(NC(=O)OCC1c2ccccc2-c2ccccc21)C(=O)O. The number of fused-ring (bicyclic) bond motifs is 3. The molecule has 0 spiro atoms. The van der Waals surface area contributed by atoms with Gasteiger partial charge in [-0.3, -0.25) is 14.4 Å². The van der Waals surface area contributed by atoms with Crippen LogP contribution in [0.4, 0.5) is 4.79 Å². The molecule has 0 aromatic heterocycles. The maximum absolute atomic E-state index is 12.0. The Balaban J connectivity index is 0.000000410. The van der Waals surface area contributed by atoms with Crippen molar-refractivity contribution in [2.24, 2.45) is 5.73 Å². The van der Waals surface area contributed by atoms with Gasteiger partial charge in [0.15, 0.2) is 0 Å². The van der Waals surface area contributed by atoms with E-state index in [-0.39, 0.29) is 38.2 Å². The Morgan fingerprint density at radius 2 is 1.27 bits per heavy atom. The fourth-order valence-corrected chi connectivity index (χ4v) is 3.71. The third kappa shape index (κ3) is 8.61. The molecule has 0 aliphatic heterocycles. The topological polar surface area (TPSA) is 214 Å². The summed E-state index contributed by atoms with van der Waals surface area (Å²) < 4.78 is 5.27. The van der Waals surface area contributed by atoms with Crippen molar-refractivity contribution < 1.29 is 49.1 Å². The van der Waals surface area contributed by atoms with Crippen molar-refractivity contribution in [3.05, 3.63) is 59.7 Å². The number of hydrogen-bond acceptors (Lipinski definition) is 7. The first-order valence-corrected chi connectivity index (χ1v) is 11.3. The normalized spacial score (nSPS) is 13.1. The van der Waals surface area contributed by atoms with E-state index in [1.165, 1.54) is 0 Å². The Bertz CT molecular complexity index is 1100. The summed E-state index contributed by atoms with van der Waals surface area (Å²) in [5.41, 5.74) is 9.28. The first-order valence-electron chi connectivity index (χ1n) is 11.3. The quantitative estimate of drug-likeness (QED) is 0.254. The molecule has 0 bridgehead atoms. The number of carbonyl (C=O) groups excluding carboxylic acids is 1. The van der Waals surface area contributed by atoms with Crippen LogP contribution in [0.2, 0.25) is 0 Å². The lowest BCUT2D eigenvalue weighted by molar-refractivity contribution is -0.142. The maximum atomic E-state index is 12.0.